The SMILES string of the molecule is Cc1ccc(C)c(S(=O)(=O)NCC(=O)O[C@@H](C)C(=O)Nc2c(C)nn(C)c2C)c1. The molecule has 0 aliphatic heterocycles. The van der Waals surface area contributed by atoms with Crippen molar-refractivity contribution in [1.29, 1.82) is 0 Å². The quantitative estimate of drug-likeness (QED) is 0.653. The van der Waals surface area contributed by atoms with Crippen LogP contribution in [0.25, 0.3) is 0 Å². The molecular weight excluding hydrogens is 396 g/mol. The van der Waals surface area contributed by atoms with Gasteiger partial charge in [-0.25, -0.2) is 8.42 Å². The topological polar surface area (TPSA) is 119 Å². The third-order valence-electron chi connectivity index (χ3n) is 4.47. The third-order valence-corrected chi connectivity index (χ3v) is 6.02. The molecule has 1 amide bonds. The lowest BCUT2D eigenvalue weighted by atomic mass is 10.2. The number of aromatic nitrogens is 2. The van der Waals surface area contributed by atoms with Crippen LogP contribution >= 0.6 is 0 Å². The van der Waals surface area contributed by atoms with Gasteiger partial charge in [0, 0.05) is 7.05 Å². The van der Waals surface area contributed by atoms with Gasteiger partial charge in [0.1, 0.15) is 6.54 Å². The van der Waals surface area contributed by atoms with Crippen LogP contribution in [-0.2, 0) is 31.4 Å². The summed E-state index contributed by atoms with van der Waals surface area (Å²) >= 11 is 0. The fourth-order valence-corrected chi connectivity index (χ4v) is 4.00. The smallest absolute Gasteiger partial charge is 0.321 e. The normalized spacial score (nSPS) is 12.5. The molecule has 158 valence electrons. The standard InChI is InChI=1S/C19H26N4O5S/c1-11-7-8-12(2)16(9-11)29(26,27)20-10-17(24)28-15(5)19(25)21-18-13(3)22-23(6)14(18)4/h7-9,15,20H,10H2,1-6H3,(H,21,25)/t15-/m0/s1. The molecule has 0 radical (unpaired) electrons. The minimum absolute atomic E-state index is 0.0959. The largest absolute Gasteiger partial charge is 0.452 e. The Hall–Kier alpha value is -2.72. The van der Waals surface area contributed by atoms with Crippen molar-refractivity contribution in [3.8, 4) is 0 Å². The van der Waals surface area contributed by atoms with E-state index in [2.05, 4.69) is 15.1 Å². The molecule has 0 aliphatic rings. The summed E-state index contributed by atoms with van der Waals surface area (Å²) in [6.45, 7) is 7.82. The molecule has 2 rings (SSSR count). The molecule has 0 saturated heterocycles. The van der Waals surface area contributed by atoms with Crippen molar-refractivity contribution in [1.82, 2.24) is 14.5 Å². The monoisotopic (exact) mass is 422 g/mol. The van der Waals surface area contributed by atoms with E-state index >= 15 is 0 Å². The van der Waals surface area contributed by atoms with Crippen LogP contribution in [0.4, 0.5) is 5.69 Å². The van der Waals surface area contributed by atoms with E-state index in [1.54, 1.807) is 51.6 Å². The average Bonchev–Trinajstić information content (AvgIpc) is 2.88. The van der Waals surface area contributed by atoms with Gasteiger partial charge in [0.2, 0.25) is 10.0 Å². The van der Waals surface area contributed by atoms with E-state index in [0.717, 1.165) is 11.3 Å². The molecule has 0 fully saturated rings. The summed E-state index contributed by atoms with van der Waals surface area (Å²) in [6, 6.07) is 5.02. The first-order chi connectivity index (χ1) is 13.4. The van der Waals surface area contributed by atoms with Gasteiger partial charge in [0.05, 0.1) is 22.0 Å². The highest BCUT2D eigenvalue weighted by Crippen LogP contribution is 2.19. The first-order valence-electron chi connectivity index (χ1n) is 9.00. The number of ether oxygens (including phenoxy) is 1. The Morgan fingerprint density at radius 2 is 1.86 bits per heavy atom. The maximum atomic E-state index is 12.4. The first-order valence-corrected chi connectivity index (χ1v) is 10.5. The molecule has 1 aromatic carbocycles. The second-order valence-electron chi connectivity index (χ2n) is 6.88. The minimum Gasteiger partial charge on any atom is -0.452 e. The molecule has 0 bridgehead atoms. The molecule has 1 aromatic heterocycles. The molecule has 0 unspecified atom stereocenters. The van der Waals surface area contributed by atoms with Gasteiger partial charge in [-0.15, -0.1) is 0 Å². The molecule has 9 nitrogen and oxygen atoms in total. The van der Waals surface area contributed by atoms with Gasteiger partial charge in [-0.2, -0.15) is 9.82 Å². The van der Waals surface area contributed by atoms with Crippen LogP contribution in [-0.4, -0.2) is 42.7 Å². The van der Waals surface area contributed by atoms with Crippen LogP contribution in [0.2, 0.25) is 0 Å². The summed E-state index contributed by atoms with van der Waals surface area (Å²) in [5.41, 5.74) is 3.29. The van der Waals surface area contributed by atoms with Crippen molar-refractivity contribution >= 4 is 27.6 Å². The van der Waals surface area contributed by atoms with Gasteiger partial charge in [-0.05, 0) is 51.8 Å². The van der Waals surface area contributed by atoms with Crippen molar-refractivity contribution in [2.45, 2.75) is 45.6 Å². The molecule has 0 saturated carbocycles. The number of esters is 1. The number of rotatable bonds is 7. The van der Waals surface area contributed by atoms with Crippen molar-refractivity contribution < 1.29 is 22.7 Å². The number of anilines is 1. The lowest BCUT2D eigenvalue weighted by Crippen LogP contribution is -2.36. The summed E-state index contributed by atoms with van der Waals surface area (Å²) in [5, 5.41) is 6.88. The molecule has 1 atom stereocenters. The lowest BCUT2D eigenvalue weighted by molar-refractivity contribution is -0.151. The van der Waals surface area contributed by atoms with E-state index in [-0.39, 0.29) is 4.90 Å². The third kappa shape index (κ3) is 5.42. The molecule has 1 heterocycles. The second-order valence-corrected chi connectivity index (χ2v) is 8.62. The van der Waals surface area contributed by atoms with Crippen molar-refractivity contribution in [3.63, 3.8) is 0 Å². The number of carbonyl (C=O) groups is 2. The number of nitrogens with zero attached hydrogens (tertiary/aromatic N) is 2. The predicted molar refractivity (Wildman–Crippen MR) is 108 cm³/mol. The predicted octanol–water partition coefficient (Wildman–Crippen LogP) is 1.50. The van der Waals surface area contributed by atoms with E-state index in [1.807, 2.05) is 0 Å². The van der Waals surface area contributed by atoms with Crippen LogP contribution < -0.4 is 10.0 Å². The Kier molecular flexibility index (Phi) is 6.81. The maximum Gasteiger partial charge on any atom is 0.321 e. The molecule has 10 heteroatoms. The average molecular weight is 423 g/mol. The Morgan fingerprint density at radius 1 is 1.21 bits per heavy atom. The highest BCUT2D eigenvalue weighted by Gasteiger charge is 2.23. The number of sulfonamides is 1. The zero-order valence-electron chi connectivity index (χ0n) is 17.4. The summed E-state index contributed by atoms with van der Waals surface area (Å²) in [6.07, 6.45) is -1.10. The maximum absolute atomic E-state index is 12.4. The zero-order valence-corrected chi connectivity index (χ0v) is 18.2. The van der Waals surface area contributed by atoms with Crippen molar-refractivity contribution in [3.05, 3.63) is 40.7 Å². The summed E-state index contributed by atoms with van der Waals surface area (Å²) in [5.74, 6) is -1.39. The highest BCUT2D eigenvalue weighted by molar-refractivity contribution is 7.89. The number of carbonyl (C=O) groups excluding carboxylic acids is 2. The van der Waals surface area contributed by atoms with Gasteiger partial charge in [-0.3, -0.25) is 14.3 Å². The van der Waals surface area contributed by atoms with Gasteiger partial charge >= 0.3 is 5.97 Å². The zero-order chi connectivity index (χ0) is 21.9. The summed E-state index contributed by atoms with van der Waals surface area (Å²) in [7, 11) is -2.13. The van der Waals surface area contributed by atoms with Crippen molar-refractivity contribution in [2.24, 2.45) is 7.05 Å². The number of hydrogen-bond acceptors (Lipinski definition) is 6. The van der Waals surface area contributed by atoms with Gasteiger partial charge in [0.25, 0.3) is 5.91 Å². The molecule has 0 spiro atoms. The Morgan fingerprint density at radius 3 is 2.45 bits per heavy atom. The van der Waals surface area contributed by atoms with E-state index < -0.39 is 34.5 Å². The number of hydrogen-bond donors (Lipinski definition) is 2. The Bertz CT molecular complexity index is 1040. The number of nitrogens with one attached hydrogen (secondary N) is 2. The second kappa shape index (κ2) is 8.75. The minimum atomic E-state index is -3.88. The van der Waals surface area contributed by atoms with E-state index in [0.29, 0.717) is 16.9 Å². The first kappa shape index (κ1) is 22.6. The number of benzene rings is 1. The van der Waals surface area contributed by atoms with Gasteiger partial charge in [-0.1, -0.05) is 12.1 Å². The van der Waals surface area contributed by atoms with Crippen LogP contribution in [0, 0.1) is 27.7 Å². The van der Waals surface area contributed by atoms with Gasteiger partial charge < -0.3 is 10.1 Å². The van der Waals surface area contributed by atoms with E-state index in [1.165, 1.54) is 13.0 Å². The fraction of sp³-hybridized carbons (Fsp3) is 0.421. The fourth-order valence-electron chi connectivity index (χ4n) is 2.70. The van der Waals surface area contributed by atoms with Crippen LogP contribution in [0.3, 0.4) is 0 Å². The van der Waals surface area contributed by atoms with Crippen molar-refractivity contribution in [2.75, 3.05) is 11.9 Å². The van der Waals surface area contributed by atoms with E-state index in [4.69, 9.17) is 4.74 Å². The summed E-state index contributed by atoms with van der Waals surface area (Å²) in [4.78, 5) is 24.4. The molecule has 29 heavy (non-hydrogen) atoms. The Labute approximate surface area is 170 Å². The summed E-state index contributed by atoms with van der Waals surface area (Å²) < 4.78 is 33.8. The number of aryl methyl sites for hydroxylation is 4. The van der Waals surface area contributed by atoms with Gasteiger partial charge in [0.15, 0.2) is 6.10 Å². The highest BCUT2D eigenvalue weighted by atomic mass is 32.2. The van der Waals surface area contributed by atoms with Crippen LogP contribution in [0.1, 0.15) is 29.4 Å². The molecular formula is C19H26N4O5S. The van der Waals surface area contributed by atoms with Crippen LogP contribution in [0.5, 0.6) is 0 Å². The lowest BCUT2D eigenvalue weighted by Gasteiger charge is -2.14. The van der Waals surface area contributed by atoms with E-state index in [9.17, 15) is 18.0 Å². The number of amides is 1. The Balaban J connectivity index is 1.96. The van der Waals surface area contributed by atoms with Crippen LogP contribution in [0.15, 0.2) is 23.1 Å². The molecule has 2 N–H and O–H groups in total. The molecule has 2 aromatic rings. The molecule has 0 aliphatic carbocycles.